The smallest absolute Gasteiger partial charge is 0.412 e. The number of carbonyl (C=O) groups excluding carboxylic acids is 2. The van der Waals surface area contributed by atoms with Crippen LogP contribution in [0.3, 0.4) is 0 Å². The van der Waals surface area contributed by atoms with Gasteiger partial charge in [-0.25, -0.2) is 9.59 Å². The average Bonchev–Trinajstić information content (AvgIpc) is 2.87. The SMILES string of the molecule is CCOC(=O)c1c2ccc(NC(=O)OC(C)(C)C)cc2n2ccccc12. The van der Waals surface area contributed by atoms with E-state index in [1.165, 1.54) is 0 Å². The predicted molar refractivity (Wildman–Crippen MR) is 101 cm³/mol. The minimum atomic E-state index is -0.576. The first-order valence-electron chi connectivity index (χ1n) is 8.50. The molecule has 0 aliphatic heterocycles. The van der Waals surface area contributed by atoms with Crippen molar-refractivity contribution in [1.29, 1.82) is 0 Å². The number of hydrogen-bond acceptors (Lipinski definition) is 4. The number of nitrogens with zero attached hydrogens (tertiary/aromatic N) is 1. The molecule has 3 rings (SSSR count). The first-order valence-corrected chi connectivity index (χ1v) is 8.50. The molecule has 1 aromatic carbocycles. The van der Waals surface area contributed by atoms with E-state index in [4.69, 9.17) is 9.47 Å². The standard InChI is InChI=1S/C20H22N2O4/c1-5-25-18(23)17-14-10-9-13(21-19(24)26-20(2,3)4)12-16(14)22-11-7-6-8-15(17)22/h6-12H,5H2,1-4H3,(H,21,24). The second kappa shape index (κ2) is 6.71. The van der Waals surface area contributed by atoms with Gasteiger partial charge >= 0.3 is 12.1 Å². The molecule has 0 saturated heterocycles. The highest BCUT2D eigenvalue weighted by atomic mass is 16.6. The van der Waals surface area contributed by atoms with Crippen molar-refractivity contribution in [3.8, 4) is 0 Å². The highest BCUT2D eigenvalue weighted by Crippen LogP contribution is 2.29. The van der Waals surface area contributed by atoms with Crippen molar-refractivity contribution in [3.05, 3.63) is 48.2 Å². The van der Waals surface area contributed by atoms with Crippen LogP contribution in [0.2, 0.25) is 0 Å². The number of benzene rings is 1. The van der Waals surface area contributed by atoms with E-state index in [-0.39, 0.29) is 5.97 Å². The lowest BCUT2D eigenvalue weighted by molar-refractivity contribution is 0.0530. The number of esters is 1. The normalized spacial score (nSPS) is 11.5. The number of amides is 1. The van der Waals surface area contributed by atoms with E-state index >= 15 is 0 Å². The Morgan fingerprint density at radius 3 is 2.58 bits per heavy atom. The summed E-state index contributed by atoms with van der Waals surface area (Å²) in [5.74, 6) is -0.362. The number of rotatable bonds is 3. The Morgan fingerprint density at radius 1 is 1.12 bits per heavy atom. The maximum Gasteiger partial charge on any atom is 0.412 e. The second-order valence-electron chi connectivity index (χ2n) is 6.91. The molecule has 0 aliphatic carbocycles. The van der Waals surface area contributed by atoms with Crippen LogP contribution in [0.1, 0.15) is 38.1 Å². The summed E-state index contributed by atoms with van der Waals surface area (Å²) in [5.41, 5.74) is 2.09. The van der Waals surface area contributed by atoms with E-state index in [1.54, 1.807) is 19.1 Å². The highest BCUT2D eigenvalue weighted by molar-refractivity contribution is 6.12. The zero-order valence-corrected chi connectivity index (χ0v) is 15.3. The number of ether oxygens (including phenoxy) is 2. The maximum atomic E-state index is 12.4. The zero-order valence-electron chi connectivity index (χ0n) is 15.3. The van der Waals surface area contributed by atoms with Crippen molar-refractivity contribution in [2.24, 2.45) is 0 Å². The van der Waals surface area contributed by atoms with Gasteiger partial charge in [0.1, 0.15) is 5.60 Å². The molecule has 0 fully saturated rings. The van der Waals surface area contributed by atoms with Gasteiger partial charge in [0.25, 0.3) is 0 Å². The number of fused-ring (bicyclic) bond motifs is 3. The van der Waals surface area contributed by atoms with Crippen molar-refractivity contribution in [2.75, 3.05) is 11.9 Å². The Bertz CT molecular complexity index is 983. The lowest BCUT2D eigenvalue weighted by Gasteiger charge is -2.19. The van der Waals surface area contributed by atoms with Gasteiger partial charge in [-0.15, -0.1) is 0 Å². The number of anilines is 1. The van der Waals surface area contributed by atoms with Crippen molar-refractivity contribution >= 4 is 34.2 Å². The lowest BCUT2D eigenvalue weighted by Crippen LogP contribution is -2.27. The quantitative estimate of drug-likeness (QED) is 0.697. The molecular formula is C20H22N2O4. The summed E-state index contributed by atoms with van der Waals surface area (Å²) in [6, 6.07) is 11.0. The molecule has 1 amide bonds. The summed E-state index contributed by atoms with van der Waals surface area (Å²) in [6.45, 7) is 7.51. The summed E-state index contributed by atoms with van der Waals surface area (Å²) in [5, 5.41) is 3.50. The fourth-order valence-electron chi connectivity index (χ4n) is 2.85. The Hall–Kier alpha value is -3.02. The van der Waals surface area contributed by atoms with Gasteiger partial charge in [0.05, 0.1) is 23.2 Å². The van der Waals surface area contributed by atoms with E-state index in [0.717, 1.165) is 16.4 Å². The van der Waals surface area contributed by atoms with E-state index in [9.17, 15) is 9.59 Å². The Labute approximate surface area is 151 Å². The molecule has 6 heteroatoms. The minimum Gasteiger partial charge on any atom is -0.462 e. The highest BCUT2D eigenvalue weighted by Gasteiger charge is 2.20. The third kappa shape index (κ3) is 3.49. The summed E-state index contributed by atoms with van der Waals surface area (Å²) in [6.07, 6.45) is 1.35. The van der Waals surface area contributed by atoms with Gasteiger partial charge in [-0.2, -0.15) is 0 Å². The van der Waals surface area contributed by atoms with Crippen LogP contribution < -0.4 is 5.32 Å². The molecule has 2 heterocycles. The molecule has 0 spiro atoms. The number of aromatic nitrogens is 1. The molecule has 3 aromatic rings. The van der Waals surface area contributed by atoms with Crippen molar-refractivity contribution in [2.45, 2.75) is 33.3 Å². The van der Waals surface area contributed by atoms with Gasteiger partial charge in [0.2, 0.25) is 0 Å². The minimum absolute atomic E-state index is 0.308. The number of pyridine rings is 1. The van der Waals surface area contributed by atoms with E-state index in [0.29, 0.717) is 17.9 Å². The maximum absolute atomic E-state index is 12.4. The van der Waals surface area contributed by atoms with Crippen LogP contribution in [0.5, 0.6) is 0 Å². The van der Waals surface area contributed by atoms with E-state index in [1.807, 2.05) is 55.6 Å². The molecule has 26 heavy (non-hydrogen) atoms. The molecule has 0 bridgehead atoms. The average molecular weight is 354 g/mol. The van der Waals surface area contributed by atoms with Crippen LogP contribution in [0, 0.1) is 0 Å². The monoisotopic (exact) mass is 354 g/mol. The Balaban J connectivity index is 2.06. The molecule has 0 atom stereocenters. The zero-order chi connectivity index (χ0) is 18.9. The first-order chi connectivity index (χ1) is 12.3. The number of carbonyl (C=O) groups is 2. The van der Waals surface area contributed by atoms with Gasteiger partial charge in [-0.05, 0) is 58.0 Å². The summed E-state index contributed by atoms with van der Waals surface area (Å²) >= 11 is 0. The fourth-order valence-corrected chi connectivity index (χ4v) is 2.85. The topological polar surface area (TPSA) is 69.0 Å². The lowest BCUT2D eigenvalue weighted by atomic mass is 10.1. The molecule has 0 aliphatic rings. The van der Waals surface area contributed by atoms with Crippen LogP contribution in [0.15, 0.2) is 42.6 Å². The summed E-state index contributed by atoms with van der Waals surface area (Å²) in [7, 11) is 0. The van der Waals surface area contributed by atoms with Gasteiger partial charge in [0, 0.05) is 17.3 Å². The van der Waals surface area contributed by atoms with Crippen molar-refractivity contribution in [3.63, 3.8) is 0 Å². The van der Waals surface area contributed by atoms with Gasteiger partial charge < -0.3 is 13.9 Å². The molecule has 136 valence electrons. The van der Waals surface area contributed by atoms with Gasteiger partial charge in [-0.3, -0.25) is 5.32 Å². The second-order valence-corrected chi connectivity index (χ2v) is 6.91. The fraction of sp³-hybridized carbons (Fsp3) is 0.300. The van der Waals surface area contributed by atoms with Crippen LogP contribution in [-0.4, -0.2) is 28.7 Å². The van der Waals surface area contributed by atoms with Crippen molar-refractivity contribution < 1.29 is 19.1 Å². The van der Waals surface area contributed by atoms with E-state index in [2.05, 4.69) is 5.32 Å². The molecule has 2 aromatic heterocycles. The van der Waals surface area contributed by atoms with E-state index < -0.39 is 11.7 Å². The first kappa shape index (κ1) is 17.8. The third-order valence-corrected chi connectivity index (χ3v) is 3.77. The van der Waals surface area contributed by atoms with Crippen molar-refractivity contribution in [1.82, 2.24) is 4.40 Å². The van der Waals surface area contributed by atoms with Gasteiger partial charge in [-0.1, -0.05) is 6.07 Å². The summed E-state index contributed by atoms with van der Waals surface area (Å²) < 4.78 is 12.4. The molecular weight excluding hydrogens is 332 g/mol. The molecule has 6 nitrogen and oxygen atoms in total. The summed E-state index contributed by atoms with van der Waals surface area (Å²) in [4.78, 5) is 24.4. The van der Waals surface area contributed by atoms with Crippen LogP contribution in [0.25, 0.3) is 16.4 Å². The number of nitrogens with one attached hydrogen (secondary N) is 1. The van der Waals surface area contributed by atoms with Crippen LogP contribution in [0.4, 0.5) is 10.5 Å². The number of hydrogen-bond donors (Lipinski definition) is 1. The Morgan fingerprint density at radius 2 is 1.88 bits per heavy atom. The van der Waals surface area contributed by atoms with Crippen LogP contribution in [-0.2, 0) is 9.47 Å². The molecule has 0 unspecified atom stereocenters. The molecule has 0 saturated carbocycles. The van der Waals surface area contributed by atoms with Crippen LogP contribution >= 0.6 is 0 Å². The predicted octanol–water partition coefficient (Wildman–Crippen LogP) is 4.62. The molecule has 1 N–H and O–H groups in total. The largest absolute Gasteiger partial charge is 0.462 e. The Kier molecular flexibility index (Phi) is 4.59. The van der Waals surface area contributed by atoms with Gasteiger partial charge in [0.15, 0.2) is 0 Å². The molecule has 0 radical (unpaired) electrons. The third-order valence-electron chi connectivity index (χ3n) is 3.77.